The van der Waals surface area contributed by atoms with Crippen LogP contribution in [-0.2, 0) is 6.42 Å². The zero-order chi connectivity index (χ0) is 14.7. The molecule has 0 bridgehead atoms. The Morgan fingerprint density at radius 3 is 2.45 bits per heavy atom. The fourth-order valence-electron chi connectivity index (χ4n) is 2.69. The van der Waals surface area contributed by atoms with Gasteiger partial charge in [-0.25, -0.2) is 4.98 Å². The van der Waals surface area contributed by atoms with Gasteiger partial charge < -0.3 is 11.1 Å². The van der Waals surface area contributed by atoms with Crippen molar-refractivity contribution < 1.29 is 4.79 Å². The minimum absolute atomic E-state index is 0. The van der Waals surface area contributed by atoms with Gasteiger partial charge in [0.15, 0.2) is 0 Å². The van der Waals surface area contributed by atoms with Crippen molar-refractivity contribution in [1.29, 1.82) is 0 Å². The number of hydrogen-bond donors (Lipinski definition) is 2. The molecule has 0 spiro atoms. The fourth-order valence-corrected chi connectivity index (χ4v) is 3.54. The lowest BCUT2D eigenvalue weighted by molar-refractivity contribution is 0.0928. The number of amides is 1. The van der Waals surface area contributed by atoms with Gasteiger partial charge in [-0.05, 0) is 44.9 Å². The van der Waals surface area contributed by atoms with E-state index < -0.39 is 0 Å². The third-order valence-electron chi connectivity index (χ3n) is 3.72. The lowest BCUT2D eigenvalue weighted by Crippen LogP contribution is -2.40. The highest BCUT2D eigenvalue weighted by molar-refractivity contribution is 7.13. The van der Waals surface area contributed by atoms with Gasteiger partial charge in [-0.3, -0.25) is 4.79 Å². The first-order valence-corrected chi connectivity index (χ1v) is 8.30. The van der Waals surface area contributed by atoms with E-state index in [2.05, 4.69) is 24.1 Å². The Hall–Kier alpha value is -0.360. The molecule has 4 nitrogen and oxygen atoms in total. The summed E-state index contributed by atoms with van der Waals surface area (Å²) in [5, 5.41) is 4.13. The first-order chi connectivity index (χ1) is 9.45. The van der Waals surface area contributed by atoms with Crippen molar-refractivity contribution in [3.63, 3.8) is 0 Å². The van der Waals surface area contributed by atoms with Crippen LogP contribution in [0.2, 0.25) is 0 Å². The highest BCUT2D eigenvalue weighted by Crippen LogP contribution is 2.22. The number of thiazole rings is 1. The van der Waals surface area contributed by atoms with E-state index in [1.54, 1.807) is 0 Å². The third-order valence-corrected chi connectivity index (χ3v) is 4.73. The molecule has 2 rings (SSSR count). The molecule has 0 unspecified atom stereocenters. The second-order valence-electron chi connectivity index (χ2n) is 6.19. The van der Waals surface area contributed by atoms with E-state index in [-0.39, 0.29) is 36.8 Å². The van der Waals surface area contributed by atoms with E-state index in [9.17, 15) is 4.79 Å². The first kappa shape index (κ1) is 21.6. The van der Waals surface area contributed by atoms with Crippen LogP contribution in [0.1, 0.15) is 59.9 Å². The van der Waals surface area contributed by atoms with Crippen LogP contribution < -0.4 is 11.1 Å². The molecule has 0 aromatic carbocycles. The van der Waals surface area contributed by atoms with Crippen molar-refractivity contribution in [3.8, 4) is 0 Å². The second-order valence-corrected chi connectivity index (χ2v) is 7.40. The quantitative estimate of drug-likeness (QED) is 0.855. The average molecular weight is 368 g/mol. The predicted molar refractivity (Wildman–Crippen MR) is 97.6 cm³/mol. The number of nitrogens with one attached hydrogen (secondary N) is 1. The van der Waals surface area contributed by atoms with Crippen molar-refractivity contribution in [2.75, 3.05) is 0 Å². The first-order valence-electron chi connectivity index (χ1n) is 7.48. The van der Waals surface area contributed by atoms with Gasteiger partial charge in [0, 0.05) is 12.1 Å². The van der Waals surface area contributed by atoms with Crippen LogP contribution in [0.15, 0.2) is 0 Å². The van der Waals surface area contributed by atoms with Crippen molar-refractivity contribution in [1.82, 2.24) is 10.3 Å². The molecule has 0 aliphatic heterocycles. The Balaban J connectivity index is 0.00000220. The minimum atomic E-state index is 0. The summed E-state index contributed by atoms with van der Waals surface area (Å²) < 4.78 is 0. The molecule has 1 aliphatic carbocycles. The monoisotopic (exact) mass is 367 g/mol. The van der Waals surface area contributed by atoms with Gasteiger partial charge in [0.1, 0.15) is 4.88 Å². The molecular weight excluding hydrogens is 341 g/mol. The smallest absolute Gasteiger partial charge is 0.263 e. The standard InChI is InChI=1S/C15H25N3OS.2ClH/c1-9(2)8-13-14(20-10(3)17-13)15(19)18-12-6-4-11(16)5-7-12;;/h9,11-12H,4-8,16H2,1-3H3,(H,18,19);2*1H. The maximum absolute atomic E-state index is 12.4. The summed E-state index contributed by atoms with van der Waals surface area (Å²) in [6.45, 7) is 6.27. The van der Waals surface area contributed by atoms with Crippen molar-refractivity contribution >= 4 is 42.1 Å². The Kier molecular flexibility index (Phi) is 9.55. The summed E-state index contributed by atoms with van der Waals surface area (Å²) in [6.07, 6.45) is 4.86. The van der Waals surface area contributed by atoms with E-state index in [4.69, 9.17) is 5.73 Å². The van der Waals surface area contributed by atoms with Gasteiger partial charge >= 0.3 is 0 Å². The Labute approximate surface area is 149 Å². The number of nitrogens with zero attached hydrogens (tertiary/aromatic N) is 1. The maximum atomic E-state index is 12.4. The van der Waals surface area contributed by atoms with Crippen molar-refractivity contribution in [2.24, 2.45) is 11.7 Å². The molecular formula is C15H27Cl2N3OS. The molecule has 0 saturated heterocycles. The van der Waals surface area contributed by atoms with E-state index in [1.165, 1.54) is 11.3 Å². The molecule has 1 aliphatic rings. The highest BCUT2D eigenvalue weighted by atomic mass is 35.5. The number of nitrogens with two attached hydrogens (primary N) is 1. The van der Waals surface area contributed by atoms with Crippen LogP contribution in [0.5, 0.6) is 0 Å². The molecule has 1 heterocycles. The van der Waals surface area contributed by atoms with Crippen LogP contribution in [0.25, 0.3) is 0 Å². The summed E-state index contributed by atoms with van der Waals surface area (Å²) in [5.74, 6) is 0.558. The fraction of sp³-hybridized carbons (Fsp3) is 0.733. The molecule has 22 heavy (non-hydrogen) atoms. The van der Waals surface area contributed by atoms with Gasteiger partial charge in [-0.1, -0.05) is 13.8 Å². The Bertz CT molecular complexity index is 471. The van der Waals surface area contributed by atoms with Gasteiger partial charge in [0.2, 0.25) is 0 Å². The molecule has 7 heteroatoms. The van der Waals surface area contributed by atoms with Gasteiger partial charge in [0.25, 0.3) is 5.91 Å². The van der Waals surface area contributed by atoms with Crippen LogP contribution in [0.4, 0.5) is 0 Å². The summed E-state index contributed by atoms with van der Waals surface area (Å²) in [5.41, 5.74) is 6.85. The summed E-state index contributed by atoms with van der Waals surface area (Å²) in [6, 6.07) is 0.585. The van der Waals surface area contributed by atoms with Gasteiger partial charge in [-0.15, -0.1) is 36.2 Å². The summed E-state index contributed by atoms with van der Waals surface area (Å²) in [7, 11) is 0. The lowest BCUT2D eigenvalue weighted by atomic mass is 9.92. The number of halogens is 2. The molecule has 3 N–H and O–H groups in total. The Morgan fingerprint density at radius 1 is 1.32 bits per heavy atom. The van der Waals surface area contributed by atoms with Crippen LogP contribution in [0, 0.1) is 12.8 Å². The van der Waals surface area contributed by atoms with Crippen LogP contribution >= 0.6 is 36.2 Å². The highest BCUT2D eigenvalue weighted by Gasteiger charge is 2.23. The molecule has 0 radical (unpaired) electrons. The van der Waals surface area contributed by atoms with Gasteiger partial charge in [0.05, 0.1) is 10.7 Å². The topological polar surface area (TPSA) is 68.0 Å². The molecule has 1 fully saturated rings. The minimum Gasteiger partial charge on any atom is -0.349 e. The molecule has 0 atom stereocenters. The van der Waals surface area contributed by atoms with E-state index >= 15 is 0 Å². The molecule has 128 valence electrons. The van der Waals surface area contributed by atoms with Crippen LogP contribution in [0.3, 0.4) is 0 Å². The molecule has 1 amide bonds. The third kappa shape index (κ3) is 6.03. The van der Waals surface area contributed by atoms with E-state index in [0.717, 1.165) is 47.7 Å². The summed E-state index contributed by atoms with van der Waals surface area (Å²) in [4.78, 5) is 17.8. The zero-order valence-corrected chi connectivity index (χ0v) is 15.9. The summed E-state index contributed by atoms with van der Waals surface area (Å²) >= 11 is 1.51. The Morgan fingerprint density at radius 2 is 1.91 bits per heavy atom. The normalized spacial score (nSPS) is 21.0. The van der Waals surface area contributed by atoms with Crippen molar-refractivity contribution in [3.05, 3.63) is 15.6 Å². The van der Waals surface area contributed by atoms with Crippen LogP contribution in [-0.4, -0.2) is 23.0 Å². The second kappa shape index (κ2) is 9.71. The molecule has 1 aromatic rings. The number of carbonyl (C=O) groups is 1. The number of rotatable bonds is 4. The predicted octanol–water partition coefficient (Wildman–Crippen LogP) is 3.49. The number of aromatic nitrogens is 1. The maximum Gasteiger partial charge on any atom is 0.263 e. The lowest BCUT2D eigenvalue weighted by Gasteiger charge is -2.26. The zero-order valence-electron chi connectivity index (χ0n) is 13.4. The number of carbonyl (C=O) groups excluding carboxylic acids is 1. The SMILES string of the molecule is Cc1nc(CC(C)C)c(C(=O)NC2CCC(N)CC2)s1.Cl.Cl. The van der Waals surface area contributed by atoms with Crippen molar-refractivity contribution in [2.45, 2.75) is 65.0 Å². The number of aryl methyl sites for hydroxylation is 1. The molecule has 1 aromatic heterocycles. The average Bonchev–Trinajstić information content (AvgIpc) is 2.72. The largest absolute Gasteiger partial charge is 0.349 e. The van der Waals surface area contributed by atoms with E-state index in [1.807, 2.05) is 6.92 Å². The molecule has 1 saturated carbocycles. The van der Waals surface area contributed by atoms with Gasteiger partial charge in [-0.2, -0.15) is 0 Å². The number of hydrogen-bond acceptors (Lipinski definition) is 4. The van der Waals surface area contributed by atoms with E-state index in [0.29, 0.717) is 12.0 Å².